The molecule has 168 valence electrons. The standard InChI is InChI=1S/C27H39N3O/c1-17-4-6-21-20(12-17)5-7-23-22(21)10-11-27(3)24(8-9-25(23)27)18(2)26(31)16-30-15-19(13-28)14-29-30/h14-15,17-18,20-25H,4-12,16H2,1-3H3/t17-,18-,20+,21-,22?,23+,24?,25?,27+/m0/s1. The van der Waals surface area contributed by atoms with Gasteiger partial charge in [-0.25, -0.2) is 0 Å². The highest BCUT2D eigenvalue weighted by atomic mass is 16.1. The van der Waals surface area contributed by atoms with Crippen LogP contribution in [0.15, 0.2) is 12.4 Å². The van der Waals surface area contributed by atoms with Crippen molar-refractivity contribution in [3.63, 3.8) is 0 Å². The zero-order valence-corrected chi connectivity index (χ0v) is 19.6. The molecule has 4 aliphatic rings. The van der Waals surface area contributed by atoms with Gasteiger partial charge in [-0.2, -0.15) is 10.4 Å². The third-order valence-electron chi connectivity index (χ3n) is 10.5. The summed E-state index contributed by atoms with van der Waals surface area (Å²) in [6, 6.07) is 2.10. The molecule has 1 aromatic heterocycles. The van der Waals surface area contributed by atoms with Crippen molar-refractivity contribution >= 4 is 5.78 Å². The largest absolute Gasteiger partial charge is 0.297 e. The number of nitriles is 1. The van der Waals surface area contributed by atoms with Gasteiger partial charge in [0.25, 0.3) is 0 Å². The number of fused-ring (bicyclic) bond motifs is 5. The predicted octanol–water partition coefficient (Wildman–Crippen LogP) is 5.86. The fraction of sp³-hybridized carbons (Fsp3) is 0.815. The van der Waals surface area contributed by atoms with E-state index in [9.17, 15) is 4.79 Å². The molecule has 4 nitrogen and oxygen atoms in total. The van der Waals surface area contributed by atoms with Crippen LogP contribution in [0.5, 0.6) is 0 Å². The lowest BCUT2D eigenvalue weighted by molar-refractivity contribution is -0.128. The Balaban J connectivity index is 1.29. The van der Waals surface area contributed by atoms with Crippen molar-refractivity contribution in [2.45, 2.75) is 85.1 Å². The molecule has 4 saturated carbocycles. The van der Waals surface area contributed by atoms with Crippen LogP contribution in [-0.4, -0.2) is 15.6 Å². The molecule has 1 heterocycles. The van der Waals surface area contributed by atoms with Gasteiger partial charge in [-0.3, -0.25) is 9.48 Å². The summed E-state index contributed by atoms with van der Waals surface area (Å²) in [6.45, 7) is 7.46. The molecule has 0 bridgehead atoms. The van der Waals surface area contributed by atoms with Crippen LogP contribution in [0.4, 0.5) is 0 Å². The third kappa shape index (κ3) is 3.57. The second-order valence-electron chi connectivity index (χ2n) is 11.9. The minimum atomic E-state index is 0.0770. The molecule has 4 fully saturated rings. The summed E-state index contributed by atoms with van der Waals surface area (Å²) >= 11 is 0. The molecule has 1 aromatic rings. The van der Waals surface area contributed by atoms with Crippen LogP contribution in [0.1, 0.15) is 84.1 Å². The molecule has 0 saturated heterocycles. The molecular weight excluding hydrogens is 382 g/mol. The van der Waals surface area contributed by atoms with Crippen molar-refractivity contribution < 1.29 is 4.79 Å². The molecule has 4 aliphatic carbocycles. The zero-order valence-electron chi connectivity index (χ0n) is 19.6. The number of hydrogen-bond acceptors (Lipinski definition) is 3. The van der Waals surface area contributed by atoms with Gasteiger partial charge in [0.2, 0.25) is 0 Å². The number of carbonyl (C=O) groups excluding carboxylic acids is 1. The first-order valence-corrected chi connectivity index (χ1v) is 12.9. The van der Waals surface area contributed by atoms with Crippen molar-refractivity contribution in [1.82, 2.24) is 9.78 Å². The van der Waals surface area contributed by atoms with Gasteiger partial charge in [-0.15, -0.1) is 0 Å². The lowest BCUT2D eigenvalue weighted by Crippen LogP contribution is -2.49. The Morgan fingerprint density at radius 3 is 2.77 bits per heavy atom. The molecule has 0 radical (unpaired) electrons. The van der Waals surface area contributed by atoms with E-state index < -0.39 is 0 Å². The number of ketones is 1. The summed E-state index contributed by atoms with van der Waals surface area (Å²) in [4.78, 5) is 13.2. The third-order valence-corrected chi connectivity index (χ3v) is 10.5. The van der Waals surface area contributed by atoms with Crippen molar-refractivity contribution in [2.75, 3.05) is 0 Å². The van der Waals surface area contributed by atoms with Gasteiger partial charge in [0.15, 0.2) is 5.78 Å². The van der Waals surface area contributed by atoms with Crippen LogP contribution < -0.4 is 0 Å². The minimum absolute atomic E-state index is 0.0770. The van der Waals surface area contributed by atoms with Gasteiger partial charge >= 0.3 is 0 Å². The summed E-state index contributed by atoms with van der Waals surface area (Å²) in [6.07, 6.45) is 15.8. The topological polar surface area (TPSA) is 58.7 Å². The van der Waals surface area contributed by atoms with Crippen LogP contribution in [0.25, 0.3) is 0 Å². The van der Waals surface area contributed by atoms with Crippen LogP contribution in [0.3, 0.4) is 0 Å². The van der Waals surface area contributed by atoms with Crippen LogP contribution in [0.2, 0.25) is 0 Å². The molecule has 0 amide bonds. The summed E-state index contributed by atoms with van der Waals surface area (Å²) in [7, 11) is 0. The maximum absolute atomic E-state index is 13.2. The first-order valence-electron chi connectivity index (χ1n) is 12.9. The maximum Gasteiger partial charge on any atom is 0.157 e. The predicted molar refractivity (Wildman–Crippen MR) is 121 cm³/mol. The second-order valence-corrected chi connectivity index (χ2v) is 11.9. The zero-order chi connectivity index (χ0) is 21.8. The van der Waals surface area contributed by atoms with Gasteiger partial charge in [0.1, 0.15) is 6.07 Å². The number of aromatic nitrogens is 2. The Hall–Kier alpha value is -1.63. The van der Waals surface area contributed by atoms with Gasteiger partial charge in [0.05, 0.1) is 18.3 Å². The number of Topliss-reactive ketones (excluding diaryl/α,β-unsaturated/α-hetero) is 1. The highest BCUT2D eigenvalue weighted by Crippen LogP contribution is 2.65. The maximum atomic E-state index is 13.2. The normalized spacial score (nSPS) is 42.7. The number of carbonyl (C=O) groups is 1. The second kappa shape index (κ2) is 8.05. The average Bonchev–Trinajstić information content (AvgIpc) is 3.36. The number of nitrogens with zero attached hydrogens (tertiary/aromatic N) is 3. The van der Waals surface area contributed by atoms with Crippen molar-refractivity contribution in [2.24, 2.45) is 52.8 Å². The molecule has 4 heteroatoms. The molecule has 9 atom stereocenters. The lowest BCUT2D eigenvalue weighted by Gasteiger charge is -2.56. The van der Waals surface area contributed by atoms with E-state index in [0.717, 1.165) is 35.5 Å². The summed E-state index contributed by atoms with van der Waals surface area (Å²) in [5.74, 6) is 6.48. The fourth-order valence-corrected chi connectivity index (χ4v) is 8.99. The molecule has 5 rings (SSSR count). The molecule has 0 aromatic carbocycles. The fourth-order valence-electron chi connectivity index (χ4n) is 8.99. The number of hydrogen-bond donors (Lipinski definition) is 0. The molecule has 31 heavy (non-hydrogen) atoms. The van der Waals surface area contributed by atoms with Crippen LogP contribution in [-0.2, 0) is 11.3 Å². The molecule has 0 spiro atoms. The summed E-state index contributed by atoms with van der Waals surface area (Å²) < 4.78 is 1.65. The summed E-state index contributed by atoms with van der Waals surface area (Å²) in [5, 5.41) is 13.2. The lowest BCUT2D eigenvalue weighted by atomic mass is 9.48. The Labute approximate surface area is 187 Å². The van der Waals surface area contributed by atoms with E-state index >= 15 is 0 Å². The van der Waals surface area contributed by atoms with Gasteiger partial charge < -0.3 is 0 Å². The number of rotatable bonds is 4. The molecular formula is C27H39N3O. The monoisotopic (exact) mass is 421 g/mol. The average molecular weight is 422 g/mol. The van der Waals surface area contributed by atoms with E-state index in [1.54, 1.807) is 17.1 Å². The minimum Gasteiger partial charge on any atom is -0.297 e. The van der Waals surface area contributed by atoms with E-state index in [2.05, 4.69) is 31.9 Å². The molecule has 0 N–H and O–H groups in total. The van der Waals surface area contributed by atoms with Gasteiger partial charge in [-0.05, 0) is 98.2 Å². The van der Waals surface area contributed by atoms with Crippen molar-refractivity contribution in [3.8, 4) is 6.07 Å². The van der Waals surface area contributed by atoms with Crippen LogP contribution >= 0.6 is 0 Å². The van der Waals surface area contributed by atoms with E-state index in [-0.39, 0.29) is 11.7 Å². The Morgan fingerprint density at radius 1 is 1.19 bits per heavy atom. The molecule has 3 unspecified atom stereocenters. The molecule has 0 aliphatic heterocycles. The van der Waals surface area contributed by atoms with Gasteiger partial charge in [0, 0.05) is 12.1 Å². The van der Waals surface area contributed by atoms with Crippen molar-refractivity contribution in [3.05, 3.63) is 18.0 Å². The van der Waals surface area contributed by atoms with E-state index in [4.69, 9.17) is 5.26 Å². The van der Waals surface area contributed by atoms with E-state index in [1.165, 1.54) is 57.8 Å². The Kier molecular flexibility index (Phi) is 5.51. The quantitative estimate of drug-likeness (QED) is 0.611. The first-order chi connectivity index (χ1) is 14.9. The SMILES string of the molecule is C[C@H]1CC[C@@H]2C3CC[C@@]4(C)C(CCC4[C@H](C)C(=O)Cn4cc(C#N)cn4)[C@@H]3CC[C@@H]2C1. The Bertz CT molecular complexity index is 868. The first kappa shape index (κ1) is 21.2. The van der Waals surface area contributed by atoms with E-state index in [1.807, 2.05) is 0 Å². The highest BCUT2D eigenvalue weighted by molar-refractivity contribution is 5.80. The highest BCUT2D eigenvalue weighted by Gasteiger charge is 2.58. The van der Waals surface area contributed by atoms with Crippen molar-refractivity contribution in [1.29, 1.82) is 5.26 Å². The van der Waals surface area contributed by atoms with E-state index in [0.29, 0.717) is 23.4 Å². The summed E-state index contributed by atoms with van der Waals surface area (Å²) in [5.41, 5.74) is 0.854. The Morgan fingerprint density at radius 2 is 2.00 bits per heavy atom. The smallest absolute Gasteiger partial charge is 0.157 e. The van der Waals surface area contributed by atoms with Gasteiger partial charge in [-0.1, -0.05) is 27.2 Å². The van der Waals surface area contributed by atoms with Crippen LogP contribution in [0, 0.1) is 64.1 Å².